The third-order valence-corrected chi connectivity index (χ3v) is 11.0. The Morgan fingerprint density at radius 3 is 1.05 bits per heavy atom. The number of esters is 3. The van der Waals surface area contributed by atoms with Crippen molar-refractivity contribution in [1.29, 1.82) is 0 Å². The number of hydrogen-bond donors (Lipinski definition) is 0. The predicted octanol–water partition coefficient (Wildman–Crippen LogP) is 16.9. The van der Waals surface area contributed by atoms with Crippen molar-refractivity contribution in [2.75, 3.05) is 13.2 Å². The monoisotopic (exact) mass is 853 g/mol. The molecule has 0 saturated carbocycles. The highest BCUT2D eigenvalue weighted by Crippen LogP contribution is 2.14. The number of hydrogen-bond acceptors (Lipinski definition) is 6. The lowest BCUT2D eigenvalue weighted by atomic mass is 10.0. The summed E-state index contributed by atoms with van der Waals surface area (Å²) in [5, 5.41) is 0. The molecule has 0 aliphatic carbocycles. The molecule has 6 heteroatoms. The molecular weight excluding hydrogens is 757 g/mol. The molecule has 0 aliphatic heterocycles. The first-order chi connectivity index (χ1) is 30.0. The third kappa shape index (κ3) is 48.0. The standard InChI is InChI=1S/C55H96O6/c1-4-7-10-13-16-19-22-25-26-27-28-31-33-36-39-42-45-48-54(57)60-51-52(61-55(58)49-46-43-40-37-34-30-24-21-18-15-12-9-6-3)50-59-53(56)47-44-41-38-35-32-29-23-20-17-14-11-8-5-2/h16,19,21,24-26,28,31,36,39,52H,4-15,17-18,20,22-23,27,29-30,32-35,37-38,40-51H2,1-3H3/t52-/m1/s1. The van der Waals surface area contributed by atoms with Crippen molar-refractivity contribution >= 4 is 17.9 Å². The molecule has 0 spiro atoms. The van der Waals surface area contributed by atoms with E-state index in [2.05, 4.69) is 81.5 Å². The van der Waals surface area contributed by atoms with E-state index in [0.29, 0.717) is 19.3 Å². The lowest BCUT2D eigenvalue weighted by molar-refractivity contribution is -0.167. The van der Waals surface area contributed by atoms with Crippen molar-refractivity contribution in [3.05, 3.63) is 60.8 Å². The summed E-state index contributed by atoms with van der Waals surface area (Å²) in [6.07, 6.45) is 60.6. The smallest absolute Gasteiger partial charge is 0.306 e. The van der Waals surface area contributed by atoms with Crippen LogP contribution >= 0.6 is 0 Å². The Balaban J connectivity index is 4.46. The summed E-state index contributed by atoms with van der Waals surface area (Å²) in [4.78, 5) is 37.9. The fourth-order valence-electron chi connectivity index (χ4n) is 7.08. The Hall–Kier alpha value is -2.89. The Morgan fingerprint density at radius 2 is 0.607 bits per heavy atom. The molecule has 0 unspecified atom stereocenters. The normalized spacial score (nSPS) is 12.5. The number of carbonyl (C=O) groups is 3. The summed E-state index contributed by atoms with van der Waals surface area (Å²) in [6, 6.07) is 0. The molecule has 1 atom stereocenters. The van der Waals surface area contributed by atoms with E-state index in [4.69, 9.17) is 14.2 Å². The Bertz CT molecular complexity index is 1120. The molecule has 0 aromatic carbocycles. The topological polar surface area (TPSA) is 78.9 Å². The molecule has 0 aromatic rings. The zero-order valence-corrected chi connectivity index (χ0v) is 40.2. The van der Waals surface area contributed by atoms with E-state index in [1.54, 1.807) is 0 Å². The summed E-state index contributed by atoms with van der Waals surface area (Å²) in [7, 11) is 0. The van der Waals surface area contributed by atoms with Crippen LogP contribution in [0.25, 0.3) is 0 Å². The van der Waals surface area contributed by atoms with E-state index in [-0.39, 0.29) is 37.5 Å². The van der Waals surface area contributed by atoms with E-state index < -0.39 is 6.10 Å². The minimum absolute atomic E-state index is 0.0926. The second-order valence-electron chi connectivity index (χ2n) is 17.1. The zero-order valence-electron chi connectivity index (χ0n) is 40.2. The van der Waals surface area contributed by atoms with Crippen molar-refractivity contribution in [2.24, 2.45) is 0 Å². The van der Waals surface area contributed by atoms with Crippen LogP contribution in [0.1, 0.15) is 252 Å². The van der Waals surface area contributed by atoms with Crippen molar-refractivity contribution in [2.45, 2.75) is 258 Å². The second-order valence-corrected chi connectivity index (χ2v) is 17.1. The zero-order chi connectivity index (χ0) is 44.4. The molecule has 0 amide bonds. The van der Waals surface area contributed by atoms with Gasteiger partial charge in [-0.3, -0.25) is 14.4 Å². The molecule has 0 rings (SSSR count). The van der Waals surface area contributed by atoms with E-state index in [1.807, 2.05) is 0 Å². The molecular formula is C55H96O6. The summed E-state index contributed by atoms with van der Waals surface area (Å²) >= 11 is 0. The van der Waals surface area contributed by atoms with Gasteiger partial charge in [0.2, 0.25) is 0 Å². The highest BCUT2D eigenvalue weighted by Gasteiger charge is 2.19. The molecule has 0 heterocycles. The van der Waals surface area contributed by atoms with Crippen LogP contribution in [0, 0.1) is 0 Å². The summed E-state index contributed by atoms with van der Waals surface area (Å²) in [5.74, 6) is -0.956. The van der Waals surface area contributed by atoms with E-state index in [0.717, 1.165) is 77.0 Å². The average Bonchev–Trinajstić information content (AvgIpc) is 3.26. The first-order valence-electron chi connectivity index (χ1n) is 25.8. The number of unbranched alkanes of at least 4 members (excludes halogenated alkanes) is 25. The molecule has 0 bridgehead atoms. The Labute approximate surface area is 377 Å². The van der Waals surface area contributed by atoms with Gasteiger partial charge in [0.1, 0.15) is 13.2 Å². The van der Waals surface area contributed by atoms with Gasteiger partial charge in [-0.1, -0.05) is 210 Å². The molecule has 0 N–H and O–H groups in total. The lowest BCUT2D eigenvalue weighted by Gasteiger charge is -2.18. The van der Waals surface area contributed by atoms with Gasteiger partial charge in [-0.25, -0.2) is 0 Å². The molecule has 6 nitrogen and oxygen atoms in total. The largest absolute Gasteiger partial charge is 0.462 e. The Kier molecular flexibility index (Phi) is 47.4. The fraction of sp³-hybridized carbons (Fsp3) is 0.764. The number of rotatable bonds is 46. The van der Waals surface area contributed by atoms with Crippen LogP contribution in [0.15, 0.2) is 60.8 Å². The van der Waals surface area contributed by atoms with Crippen LogP contribution in [0.4, 0.5) is 0 Å². The molecule has 352 valence electrons. The predicted molar refractivity (Wildman–Crippen MR) is 261 cm³/mol. The lowest BCUT2D eigenvalue weighted by Crippen LogP contribution is -2.30. The van der Waals surface area contributed by atoms with Crippen LogP contribution in [-0.2, 0) is 28.6 Å². The number of carbonyl (C=O) groups excluding carboxylic acids is 3. The molecule has 61 heavy (non-hydrogen) atoms. The fourth-order valence-corrected chi connectivity index (χ4v) is 7.08. The molecule has 0 aromatic heterocycles. The summed E-state index contributed by atoms with van der Waals surface area (Å²) < 4.78 is 16.7. The SMILES string of the molecule is CCCCCC=CCC=CCC=CCC=CCCCC(=O)OC[C@@H](COC(=O)CCCCCCCCCCCCCCC)OC(=O)CCCCCCCC=CCCCCCC. The van der Waals surface area contributed by atoms with Crippen LogP contribution in [0.3, 0.4) is 0 Å². The van der Waals surface area contributed by atoms with Gasteiger partial charge in [-0.05, 0) is 83.5 Å². The van der Waals surface area contributed by atoms with Crippen molar-refractivity contribution in [3.8, 4) is 0 Å². The van der Waals surface area contributed by atoms with Crippen molar-refractivity contribution < 1.29 is 28.6 Å². The third-order valence-electron chi connectivity index (χ3n) is 11.0. The van der Waals surface area contributed by atoms with Crippen molar-refractivity contribution in [3.63, 3.8) is 0 Å². The maximum Gasteiger partial charge on any atom is 0.306 e. The summed E-state index contributed by atoms with van der Waals surface area (Å²) in [6.45, 7) is 6.54. The molecule has 0 aliphatic rings. The molecule has 0 saturated heterocycles. The van der Waals surface area contributed by atoms with Gasteiger partial charge >= 0.3 is 17.9 Å². The van der Waals surface area contributed by atoms with Crippen LogP contribution in [-0.4, -0.2) is 37.2 Å². The molecule has 0 fully saturated rings. The quantitative estimate of drug-likeness (QED) is 0.0263. The number of ether oxygens (including phenoxy) is 3. The van der Waals surface area contributed by atoms with Crippen LogP contribution in [0.5, 0.6) is 0 Å². The highest BCUT2D eigenvalue weighted by atomic mass is 16.6. The van der Waals surface area contributed by atoms with Gasteiger partial charge in [0, 0.05) is 19.3 Å². The summed E-state index contributed by atoms with van der Waals surface area (Å²) in [5.41, 5.74) is 0. The van der Waals surface area contributed by atoms with Gasteiger partial charge in [0.05, 0.1) is 0 Å². The van der Waals surface area contributed by atoms with Crippen LogP contribution in [0.2, 0.25) is 0 Å². The first kappa shape index (κ1) is 58.1. The maximum atomic E-state index is 12.8. The highest BCUT2D eigenvalue weighted by molar-refractivity contribution is 5.71. The average molecular weight is 853 g/mol. The van der Waals surface area contributed by atoms with Gasteiger partial charge in [0.25, 0.3) is 0 Å². The van der Waals surface area contributed by atoms with E-state index in [9.17, 15) is 14.4 Å². The Morgan fingerprint density at radius 1 is 0.328 bits per heavy atom. The van der Waals surface area contributed by atoms with Gasteiger partial charge in [0.15, 0.2) is 6.10 Å². The second kappa shape index (κ2) is 49.8. The van der Waals surface area contributed by atoms with E-state index in [1.165, 1.54) is 128 Å². The van der Waals surface area contributed by atoms with Gasteiger partial charge in [-0.15, -0.1) is 0 Å². The van der Waals surface area contributed by atoms with Crippen LogP contribution < -0.4 is 0 Å². The van der Waals surface area contributed by atoms with Crippen molar-refractivity contribution in [1.82, 2.24) is 0 Å². The van der Waals surface area contributed by atoms with E-state index >= 15 is 0 Å². The number of allylic oxidation sites excluding steroid dienone is 10. The molecule has 0 radical (unpaired) electrons. The minimum atomic E-state index is -0.797. The maximum absolute atomic E-state index is 12.8. The van der Waals surface area contributed by atoms with Gasteiger partial charge in [-0.2, -0.15) is 0 Å². The van der Waals surface area contributed by atoms with Gasteiger partial charge < -0.3 is 14.2 Å². The minimum Gasteiger partial charge on any atom is -0.462 e. The first-order valence-corrected chi connectivity index (χ1v) is 25.8.